The van der Waals surface area contributed by atoms with E-state index in [4.69, 9.17) is 5.11 Å². The second-order valence-corrected chi connectivity index (χ2v) is 4.14. The van der Waals surface area contributed by atoms with E-state index in [1.165, 1.54) is 17.4 Å². The molecule has 1 N–H and O–H groups in total. The zero-order valence-corrected chi connectivity index (χ0v) is 9.01. The number of hydrogen-bond acceptors (Lipinski definition) is 3. The molecule has 15 heavy (non-hydrogen) atoms. The first kappa shape index (κ1) is 10.3. The van der Waals surface area contributed by atoms with Gasteiger partial charge in [-0.25, -0.2) is 9.37 Å². The van der Waals surface area contributed by atoms with Gasteiger partial charge in [-0.15, -0.1) is 11.3 Å². The molecule has 2 rings (SSSR count). The molecule has 1 heterocycles. The Morgan fingerprint density at radius 1 is 1.47 bits per heavy atom. The number of nitrogens with zero attached hydrogens (tertiary/aromatic N) is 1. The molecule has 0 fully saturated rings. The number of benzene rings is 1. The Morgan fingerprint density at radius 3 is 2.93 bits per heavy atom. The Labute approximate surface area is 91.0 Å². The predicted octanol–water partition coefficient (Wildman–Crippen LogP) is 2.75. The highest BCUT2D eigenvalue weighted by atomic mass is 32.1. The summed E-state index contributed by atoms with van der Waals surface area (Å²) in [6, 6.07) is 4.92. The lowest BCUT2D eigenvalue weighted by atomic mass is 10.1. The maximum atomic E-state index is 13.5. The summed E-state index contributed by atoms with van der Waals surface area (Å²) >= 11 is 1.34. The minimum Gasteiger partial charge on any atom is -0.390 e. The molecule has 0 saturated carbocycles. The van der Waals surface area contributed by atoms with Crippen molar-refractivity contribution in [2.45, 2.75) is 13.5 Å². The van der Waals surface area contributed by atoms with Crippen LogP contribution in [0.2, 0.25) is 0 Å². The summed E-state index contributed by atoms with van der Waals surface area (Å²) in [6.45, 7) is 1.80. The highest BCUT2D eigenvalue weighted by Gasteiger charge is 2.09. The van der Waals surface area contributed by atoms with Gasteiger partial charge in [0, 0.05) is 10.9 Å². The lowest BCUT2D eigenvalue weighted by Crippen LogP contribution is -1.87. The average Bonchev–Trinajstić information content (AvgIpc) is 2.70. The van der Waals surface area contributed by atoms with Gasteiger partial charge >= 0.3 is 0 Å². The molecule has 0 aliphatic rings. The minimum atomic E-state index is -0.278. The van der Waals surface area contributed by atoms with Crippen LogP contribution in [-0.2, 0) is 6.61 Å². The molecule has 2 nitrogen and oxygen atoms in total. The van der Waals surface area contributed by atoms with E-state index in [0.29, 0.717) is 16.3 Å². The monoisotopic (exact) mass is 223 g/mol. The zero-order chi connectivity index (χ0) is 10.8. The summed E-state index contributed by atoms with van der Waals surface area (Å²) in [7, 11) is 0. The third-order valence-electron chi connectivity index (χ3n) is 2.07. The van der Waals surface area contributed by atoms with Crippen molar-refractivity contribution in [1.29, 1.82) is 0 Å². The fourth-order valence-corrected chi connectivity index (χ4v) is 2.13. The molecule has 0 unspecified atom stereocenters. The number of thiazole rings is 1. The number of rotatable bonds is 2. The van der Waals surface area contributed by atoms with E-state index in [9.17, 15) is 4.39 Å². The summed E-state index contributed by atoms with van der Waals surface area (Å²) in [5.74, 6) is -0.278. The summed E-state index contributed by atoms with van der Waals surface area (Å²) in [5, 5.41) is 11.2. The van der Waals surface area contributed by atoms with Crippen molar-refractivity contribution in [1.82, 2.24) is 4.98 Å². The topological polar surface area (TPSA) is 33.1 Å². The van der Waals surface area contributed by atoms with E-state index in [0.717, 1.165) is 5.56 Å². The summed E-state index contributed by atoms with van der Waals surface area (Å²) in [4.78, 5) is 4.13. The number of aliphatic hydroxyl groups is 1. The van der Waals surface area contributed by atoms with Gasteiger partial charge < -0.3 is 5.11 Å². The van der Waals surface area contributed by atoms with Crippen LogP contribution < -0.4 is 0 Å². The summed E-state index contributed by atoms with van der Waals surface area (Å²) in [5.41, 5.74) is 2.07. The Morgan fingerprint density at radius 2 is 2.27 bits per heavy atom. The molecule has 1 aromatic heterocycles. The van der Waals surface area contributed by atoms with Crippen LogP contribution in [0.1, 0.15) is 11.3 Å². The standard InChI is InChI=1S/C11H10FNOS/c1-7-2-3-10(12)9(4-7)11-13-8(5-14)6-15-11/h2-4,6,14H,5H2,1H3. The Hall–Kier alpha value is -1.26. The average molecular weight is 223 g/mol. The number of halogens is 1. The third kappa shape index (κ3) is 2.06. The minimum absolute atomic E-state index is 0.107. The van der Waals surface area contributed by atoms with E-state index in [2.05, 4.69) is 4.98 Å². The SMILES string of the molecule is Cc1ccc(F)c(-c2nc(CO)cs2)c1. The Balaban J connectivity index is 2.48. The number of aromatic nitrogens is 1. The summed E-state index contributed by atoms with van der Waals surface area (Å²) in [6.07, 6.45) is 0. The molecule has 0 spiro atoms. The smallest absolute Gasteiger partial charge is 0.133 e. The van der Waals surface area contributed by atoms with Gasteiger partial charge in [-0.3, -0.25) is 0 Å². The molecule has 0 bridgehead atoms. The molecular weight excluding hydrogens is 213 g/mol. The van der Waals surface area contributed by atoms with Crippen molar-refractivity contribution in [3.63, 3.8) is 0 Å². The van der Waals surface area contributed by atoms with Gasteiger partial charge in [0.25, 0.3) is 0 Å². The molecule has 2 aromatic rings. The quantitative estimate of drug-likeness (QED) is 0.849. The zero-order valence-electron chi connectivity index (χ0n) is 8.20. The van der Waals surface area contributed by atoms with Crippen LogP contribution in [0.3, 0.4) is 0 Å². The predicted molar refractivity (Wildman–Crippen MR) is 58.2 cm³/mol. The van der Waals surface area contributed by atoms with Crippen LogP contribution in [0, 0.1) is 12.7 Å². The Kier molecular flexibility index (Phi) is 2.79. The highest BCUT2D eigenvalue weighted by Crippen LogP contribution is 2.27. The van der Waals surface area contributed by atoms with Crippen molar-refractivity contribution in [2.24, 2.45) is 0 Å². The maximum absolute atomic E-state index is 13.5. The van der Waals surface area contributed by atoms with Gasteiger partial charge in [-0.05, 0) is 19.1 Å². The molecule has 0 atom stereocenters. The summed E-state index contributed by atoms with van der Waals surface area (Å²) < 4.78 is 13.5. The normalized spacial score (nSPS) is 10.6. The van der Waals surface area contributed by atoms with E-state index in [-0.39, 0.29) is 12.4 Å². The van der Waals surface area contributed by atoms with Gasteiger partial charge in [0.2, 0.25) is 0 Å². The molecule has 1 aromatic carbocycles. The molecular formula is C11H10FNOS. The molecule has 0 radical (unpaired) electrons. The van der Waals surface area contributed by atoms with Gasteiger partial charge in [-0.1, -0.05) is 11.6 Å². The number of aryl methyl sites for hydroxylation is 1. The number of aliphatic hydroxyl groups excluding tert-OH is 1. The van der Waals surface area contributed by atoms with Crippen LogP contribution >= 0.6 is 11.3 Å². The van der Waals surface area contributed by atoms with Crippen molar-refractivity contribution in [2.75, 3.05) is 0 Å². The van der Waals surface area contributed by atoms with Crippen LogP contribution in [0.25, 0.3) is 10.6 Å². The highest BCUT2D eigenvalue weighted by molar-refractivity contribution is 7.13. The van der Waals surface area contributed by atoms with E-state index >= 15 is 0 Å². The van der Waals surface area contributed by atoms with Crippen LogP contribution in [0.4, 0.5) is 4.39 Å². The fourth-order valence-electron chi connectivity index (χ4n) is 1.31. The van der Waals surface area contributed by atoms with Crippen molar-refractivity contribution in [3.05, 3.63) is 40.7 Å². The Bertz CT molecular complexity index is 481. The van der Waals surface area contributed by atoms with Crippen molar-refractivity contribution >= 4 is 11.3 Å². The van der Waals surface area contributed by atoms with Crippen molar-refractivity contribution < 1.29 is 9.50 Å². The fraction of sp³-hybridized carbons (Fsp3) is 0.182. The third-order valence-corrected chi connectivity index (χ3v) is 2.99. The van der Waals surface area contributed by atoms with Gasteiger partial charge in [0.1, 0.15) is 10.8 Å². The molecule has 0 aliphatic carbocycles. The number of hydrogen-bond donors (Lipinski definition) is 1. The van der Waals surface area contributed by atoms with Crippen LogP contribution in [-0.4, -0.2) is 10.1 Å². The van der Waals surface area contributed by atoms with E-state index in [1.807, 2.05) is 6.92 Å². The lowest BCUT2D eigenvalue weighted by Gasteiger charge is -2.00. The van der Waals surface area contributed by atoms with Gasteiger partial charge in [-0.2, -0.15) is 0 Å². The molecule has 0 aliphatic heterocycles. The first-order chi connectivity index (χ1) is 7.20. The second-order valence-electron chi connectivity index (χ2n) is 3.29. The first-order valence-electron chi connectivity index (χ1n) is 4.52. The van der Waals surface area contributed by atoms with E-state index in [1.54, 1.807) is 17.5 Å². The van der Waals surface area contributed by atoms with Gasteiger partial charge in [0.15, 0.2) is 0 Å². The van der Waals surface area contributed by atoms with Crippen molar-refractivity contribution in [3.8, 4) is 10.6 Å². The van der Waals surface area contributed by atoms with Gasteiger partial charge in [0.05, 0.1) is 12.3 Å². The molecule has 4 heteroatoms. The largest absolute Gasteiger partial charge is 0.390 e. The second kappa shape index (κ2) is 4.08. The van der Waals surface area contributed by atoms with Crippen LogP contribution in [0.15, 0.2) is 23.6 Å². The molecule has 0 amide bonds. The van der Waals surface area contributed by atoms with E-state index < -0.39 is 0 Å². The molecule has 0 saturated heterocycles. The molecule has 78 valence electrons. The maximum Gasteiger partial charge on any atom is 0.133 e. The lowest BCUT2D eigenvalue weighted by molar-refractivity contribution is 0.278. The van der Waals surface area contributed by atoms with Crippen LogP contribution in [0.5, 0.6) is 0 Å². The first-order valence-corrected chi connectivity index (χ1v) is 5.40.